The van der Waals surface area contributed by atoms with Crippen LogP contribution in [0.15, 0.2) is 66.7 Å². The highest BCUT2D eigenvalue weighted by Gasteiger charge is 2.21. The average Bonchev–Trinajstić information content (AvgIpc) is 2.70. The van der Waals surface area contributed by atoms with Crippen LogP contribution in [0.4, 0.5) is 0 Å². The second kappa shape index (κ2) is 6.53. The van der Waals surface area contributed by atoms with Crippen molar-refractivity contribution in [1.29, 1.82) is 0 Å². The molecule has 4 aromatic rings. The van der Waals surface area contributed by atoms with Crippen LogP contribution in [0, 0.1) is 0 Å². The van der Waals surface area contributed by atoms with Gasteiger partial charge in [-0.3, -0.25) is 0 Å². The van der Waals surface area contributed by atoms with E-state index < -0.39 is 11.9 Å². The Morgan fingerprint density at radius 3 is 2.30 bits per heavy atom. The SMILES string of the molecule is COC(=O)c1ccccc1-c1cccc2nc3ccccc3c(C(=O)O)c12. The van der Waals surface area contributed by atoms with E-state index in [2.05, 4.69) is 4.98 Å². The van der Waals surface area contributed by atoms with Crippen molar-refractivity contribution in [3.63, 3.8) is 0 Å². The van der Waals surface area contributed by atoms with E-state index in [-0.39, 0.29) is 5.56 Å². The summed E-state index contributed by atoms with van der Waals surface area (Å²) in [5.41, 5.74) is 2.95. The van der Waals surface area contributed by atoms with E-state index >= 15 is 0 Å². The van der Waals surface area contributed by atoms with E-state index in [0.717, 1.165) is 0 Å². The van der Waals surface area contributed by atoms with Crippen molar-refractivity contribution in [3.05, 3.63) is 77.9 Å². The van der Waals surface area contributed by atoms with Crippen LogP contribution in [0.5, 0.6) is 0 Å². The molecule has 5 nitrogen and oxygen atoms in total. The van der Waals surface area contributed by atoms with Gasteiger partial charge in [-0.2, -0.15) is 0 Å². The summed E-state index contributed by atoms with van der Waals surface area (Å²) in [7, 11) is 1.32. The number of pyridine rings is 1. The Kier molecular flexibility index (Phi) is 4.05. The first kappa shape index (κ1) is 16.7. The predicted molar refractivity (Wildman–Crippen MR) is 103 cm³/mol. The number of carboxylic acids is 1. The molecule has 0 aliphatic carbocycles. The smallest absolute Gasteiger partial charge is 0.338 e. The monoisotopic (exact) mass is 357 g/mol. The number of esters is 1. The molecule has 0 fully saturated rings. The summed E-state index contributed by atoms with van der Waals surface area (Å²) >= 11 is 0. The lowest BCUT2D eigenvalue weighted by Crippen LogP contribution is -2.05. The number of nitrogens with zero attached hydrogens (tertiary/aromatic N) is 1. The Morgan fingerprint density at radius 1 is 0.852 bits per heavy atom. The number of fused-ring (bicyclic) bond motifs is 2. The summed E-state index contributed by atoms with van der Waals surface area (Å²) in [6.45, 7) is 0. The molecule has 1 heterocycles. The van der Waals surface area contributed by atoms with Gasteiger partial charge in [0.05, 0.1) is 29.3 Å². The fourth-order valence-corrected chi connectivity index (χ4v) is 3.40. The number of ether oxygens (including phenoxy) is 1. The number of hydrogen-bond acceptors (Lipinski definition) is 4. The van der Waals surface area contributed by atoms with Crippen LogP contribution < -0.4 is 0 Å². The molecule has 0 unspecified atom stereocenters. The summed E-state index contributed by atoms with van der Waals surface area (Å²) in [6, 6.07) is 19.5. The molecule has 3 aromatic carbocycles. The minimum Gasteiger partial charge on any atom is -0.478 e. The molecule has 0 aliphatic rings. The van der Waals surface area contributed by atoms with Crippen LogP contribution in [-0.2, 0) is 4.74 Å². The molecule has 4 rings (SSSR count). The normalized spacial score (nSPS) is 10.9. The lowest BCUT2D eigenvalue weighted by Gasteiger charge is -2.14. The zero-order valence-corrected chi connectivity index (χ0v) is 14.5. The van der Waals surface area contributed by atoms with E-state index in [9.17, 15) is 14.7 Å². The molecule has 27 heavy (non-hydrogen) atoms. The minimum atomic E-state index is -1.04. The van der Waals surface area contributed by atoms with Crippen molar-refractivity contribution < 1.29 is 19.4 Å². The van der Waals surface area contributed by atoms with Crippen LogP contribution in [0.25, 0.3) is 32.9 Å². The van der Waals surface area contributed by atoms with Gasteiger partial charge in [0.2, 0.25) is 0 Å². The van der Waals surface area contributed by atoms with Gasteiger partial charge in [0.15, 0.2) is 0 Å². The third kappa shape index (κ3) is 2.69. The average molecular weight is 357 g/mol. The molecule has 0 bridgehead atoms. The van der Waals surface area contributed by atoms with Gasteiger partial charge < -0.3 is 9.84 Å². The number of carbonyl (C=O) groups excluding carboxylic acids is 1. The van der Waals surface area contributed by atoms with E-state index in [1.807, 2.05) is 6.07 Å². The van der Waals surface area contributed by atoms with Crippen molar-refractivity contribution in [2.24, 2.45) is 0 Å². The highest BCUT2D eigenvalue weighted by Crippen LogP contribution is 2.35. The third-order valence-corrected chi connectivity index (χ3v) is 4.54. The Bertz CT molecular complexity index is 1210. The van der Waals surface area contributed by atoms with E-state index in [4.69, 9.17) is 4.74 Å². The topological polar surface area (TPSA) is 76.5 Å². The number of aromatic carboxylic acids is 1. The number of carboxylic acid groups (broad SMARTS) is 1. The van der Waals surface area contributed by atoms with Gasteiger partial charge in [0.25, 0.3) is 0 Å². The summed E-state index contributed by atoms with van der Waals surface area (Å²) in [5, 5.41) is 11.0. The van der Waals surface area contributed by atoms with Gasteiger partial charge in [-0.1, -0.05) is 48.5 Å². The second-order valence-electron chi connectivity index (χ2n) is 6.05. The second-order valence-corrected chi connectivity index (χ2v) is 6.05. The molecule has 0 radical (unpaired) electrons. The van der Waals surface area contributed by atoms with Gasteiger partial charge in [-0.05, 0) is 29.3 Å². The first-order chi connectivity index (χ1) is 13.1. The van der Waals surface area contributed by atoms with Gasteiger partial charge in [0, 0.05) is 10.8 Å². The number of carbonyl (C=O) groups is 2. The van der Waals surface area contributed by atoms with Crippen molar-refractivity contribution in [1.82, 2.24) is 4.98 Å². The lowest BCUT2D eigenvalue weighted by atomic mass is 9.92. The van der Waals surface area contributed by atoms with Crippen molar-refractivity contribution in [2.75, 3.05) is 7.11 Å². The number of benzene rings is 3. The molecule has 0 aliphatic heterocycles. The first-order valence-electron chi connectivity index (χ1n) is 8.34. The molecule has 5 heteroatoms. The maximum atomic E-state index is 12.2. The van der Waals surface area contributed by atoms with Crippen LogP contribution in [-0.4, -0.2) is 29.1 Å². The molecule has 0 atom stereocenters. The van der Waals surface area contributed by atoms with Gasteiger partial charge >= 0.3 is 11.9 Å². The Hall–Kier alpha value is -3.73. The number of aromatic nitrogens is 1. The summed E-state index contributed by atoms with van der Waals surface area (Å²) in [4.78, 5) is 29.0. The van der Waals surface area contributed by atoms with Gasteiger partial charge in [-0.15, -0.1) is 0 Å². The van der Waals surface area contributed by atoms with E-state index in [1.54, 1.807) is 60.7 Å². The number of methoxy groups -OCH3 is 1. The molecule has 1 aromatic heterocycles. The summed E-state index contributed by atoms with van der Waals surface area (Å²) < 4.78 is 4.89. The summed E-state index contributed by atoms with van der Waals surface area (Å²) in [6.07, 6.45) is 0. The molecule has 1 N–H and O–H groups in total. The molecule has 0 spiro atoms. The zero-order valence-electron chi connectivity index (χ0n) is 14.5. The molecular weight excluding hydrogens is 342 g/mol. The fourth-order valence-electron chi connectivity index (χ4n) is 3.40. The Balaban J connectivity index is 2.17. The largest absolute Gasteiger partial charge is 0.478 e. The zero-order chi connectivity index (χ0) is 19.0. The quantitative estimate of drug-likeness (QED) is 0.430. The highest BCUT2D eigenvalue weighted by molar-refractivity contribution is 6.18. The van der Waals surface area contributed by atoms with Crippen LogP contribution in [0.2, 0.25) is 0 Å². The summed E-state index contributed by atoms with van der Waals surface area (Å²) in [5.74, 6) is -1.52. The predicted octanol–water partition coefficient (Wildman–Crippen LogP) is 4.54. The maximum Gasteiger partial charge on any atom is 0.338 e. The molecule has 0 amide bonds. The Morgan fingerprint density at radius 2 is 1.52 bits per heavy atom. The molecule has 0 saturated carbocycles. The minimum absolute atomic E-state index is 0.172. The fraction of sp³-hybridized carbons (Fsp3) is 0.0455. The van der Waals surface area contributed by atoms with Gasteiger partial charge in [-0.25, -0.2) is 14.6 Å². The van der Waals surface area contributed by atoms with Crippen LogP contribution in [0.1, 0.15) is 20.7 Å². The highest BCUT2D eigenvalue weighted by atomic mass is 16.5. The van der Waals surface area contributed by atoms with Crippen molar-refractivity contribution >= 4 is 33.7 Å². The first-order valence-corrected chi connectivity index (χ1v) is 8.34. The van der Waals surface area contributed by atoms with Crippen LogP contribution in [0.3, 0.4) is 0 Å². The molecule has 132 valence electrons. The van der Waals surface area contributed by atoms with E-state index in [0.29, 0.717) is 38.5 Å². The van der Waals surface area contributed by atoms with Gasteiger partial charge in [0.1, 0.15) is 0 Å². The van der Waals surface area contributed by atoms with Crippen molar-refractivity contribution in [2.45, 2.75) is 0 Å². The third-order valence-electron chi connectivity index (χ3n) is 4.54. The van der Waals surface area contributed by atoms with E-state index in [1.165, 1.54) is 7.11 Å². The standard InChI is InChI=1S/C22H15NO4/c1-27-22(26)15-8-3-2-7-13(15)14-10-6-12-18-19(14)20(21(24)25)16-9-4-5-11-17(16)23-18/h2-12H,1H3,(H,24,25). The molecular formula is C22H15NO4. The number of hydrogen-bond donors (Lipinski definition) is 1. The number of rotatable bonds is 3. The Labute approximate surface area is 154 Å². The number of para-hydroxylation sites is 1. The molecule has 0 saturated heterocycles. The van der Waals surface area contributed by atoms with Crippen LogP contribution >= 0.6 is 0 Å². The van der Waals surface area contributed by atoms with Crippen molar-refractivity contribution in [3.8, 4) is 11.1 Å². The maximum absolute atomic E-state index is 12.2. The lowest BCUT2D eigenvalue weighted by molar-refractivity contribution is 0.0601.